The summed E-state index contributed by atoms with van der Waals surface area (Å²) < 4.78 is 2.28. The molecule has 3 nitrogen and oxygen atoms in total. The summed E-state index contributed by atoms with van der Waals surface area (Å²) in [7, 11) is 0. The first-order valence-electron chi connectivity index (χ1n) is 6.25. The molecule has 0 amide bonds. The van der Waals surface area contributed by atoms with E-state index in [1.165, 1.54) is 24.1 Å². The number of rotatable bonds is 4. The predicted octanol–water partition coefficient (Wildman–Crippen LogP) is 3.79. The van der Waals surface area contributed by atoms with Crippen LogP contribution in [-0.2, 0) is 6.54 Å². The molecule has 1 fully saturated rings. The molecule has 1 N–H and O–H groups in total. The largest absolute Gasteiger partial charge is 0.379 e. The first-order valence-corrected chi connectivity index (χ1v) is 6.62. The summed E-state index contributed by atoms with van der Waals surface area (Å²) in [6.45, 7) is 2.87. The Balaban J connectivity index is 1.71. The SMILES string of the molecule is Cc1cc(Cl)ccc1NCc1cncn1C1CC1. The van der Waals surface area contributed by atoms with Gasteiger partial charge in [-0.25, -0.2) is 4.98 Å². The molecule has 1 aromatic carbocycles. The molecule has 0 aliphatic heterocycles. The van der Waals surface area contributed by atoms with E-state index in [4.69, 9.17) is 11.6 Å². The molecule has 3 rings (SSSR count). The maximum absolute atomic E-state index is 5.95. The average Bonchev–Trinajstić information content (AvgIpc) is 3.08. The molecule has 1 saturated carbocycles. The number of hydrogen-bond acceptors (Lipinski definition) is 2. The zero-order valence-electron chi connectivity index (χ0n) is 10.4. The molecule has 18 heavy (non-hydrogen) atoms. The van der Waals surface area contributed by atoms with E-state index >= 15 is 0 Å². The lowest BCUT2D eigenvalue weighted by Crippen LogP contribution is -2.06. The number of nitrogens with zero attached hydrogens (tertiary/aromatic N) is 2. The van der Waals surface area contributed by atoms with E-state index in [2.05, 4.69) is 21.8 Å². The molecule has 0 saturated heterocycles. The van der Waals surface area contributed by atoms with Crippen molar-refractivity contribution in [3.63, 3.8) is 0 Å². The third-order valence-electron chi connectivity index (χ3n) is 3.33. The van der Waals surface area contributed by atoms with Gasteiger partial charge in [0.2, 0.25) is 0 Å². The minimum atomic E-state index is 0.676. The fourth-order valence-corrected chi connectivity index (χ4v) is 2.39. The normalized spacial score (nSPS) is 14.8. The fraction of sp³-hybridized carbons (Fsp3) is 0.357. The molecular weight excluding hydrogens is 246 g/mol. The van der Waals surface area contributed by atoms with Crippen LogP contribution < -0.4 is 5.32 Å². The van der Waals surface area contributed by atoms with Crippen LogP contribution in [-0.4, -0.2) is 9.55 Å². The highest BCUT2D eigenvalue weighted by Gasteiger charge is 2.24. The van der Waals surface area contributed by atoms with Crippen molar-refractivity contribution >= 4 is 17.3 Å². The maximum Gasteiger partial charge on any atom is 0.0951 e. The highest BCUT2D eigenvalue weighted by atomic mass is 35.5. The molecule has 0 unspecified atom stereocenters. The minimum Gasteiger partial charge on any atom is -0.379 e. The summed E-state index contributed by atoms with van der Waals surface area (Å²) in [6.07, 6.45) is 6.44. The predicted molar refractivity (Wildman–Crippen MR) is 74.0 cm³/mol. The summed E-state index contributed by atoms with van der Waals surface area (Å²) >= 11 is 5.95. The van der Waals surface area contributed by atoms with Gasteiger partial charge in [0.15, 0.2) is 0 Å². The van der Waals surface area contributed by atoms with Crippen molar-refractivity contribution in [1.82, 2.24) is 9.55 Å². The Morgan fingerprint density at radius 2 is 2.28 bits per heavy atom. The van der Waals surface area contributed by atoms with E-state index in [9.17, 15) is 0 Å². The molecule has 0 bridgehead atoms. The number of imidazole rings is 1. The van der Waals surface area contributed by atoms with Gasteiger partial charge in [0, 0.05) is 22.9 Å². The quantitative estimate of drug-likeness (QED) is 0.907. The second-order valence-electron chi connectivity index (χ2n) is 4.84. The molecule has 1 aromatic heterocycles. The summed E-state index contributed by atoms with van der Waals surface area (Å²) in [4.78, 5) is 4.23. The third-order valence-corrected chi connectivity index (χ3v) is 3.57. The first-order chi connectivity index (χ1) is 8.74. The van der Waals surface area contributed by atoms with Gasteiger partial charge < -0.3 is 9.88 Å². The Kier molecular flexibility index (Phi) is 3.00. The lowest BCUT2D eigenvalue weighted by Gasteiger charge is -2.11. The van der Waals surface area contributed by atoms with Gasteiger partial charge in [0.05, 0.1) is 18.6 Å². The van der Waals surface area contributed by atoms with Gasteiger partial charge in [-0.1, -0.05) is 11.6 Å². The van der Waals surface area contributed by atoms with Crippen molar-refractivity contribution in [3.05, 3.63) is 47.0 Å². The van der Waals surface area contributed by atoms with Gasteiger partial charge in [-0.2, -0.15) is 0 Å². The second-order valence-corrected chi connectivity index (χ2v) is 5.27. The fourth-order valence-electron chi connectivity index (χ4n) is 2.16. The first kappa shape index (κ1) is 11.6. The van der Waals surface area contributed by atoms with Crippen LogP contribution in [0.3, 0.4) is 0 Å². The van der Waals surface area contributed by atoms with E-state index in [1.807, 2.05) is 30.7 Å². The highest BCUT2D eigenvalue weighted by Crippen LogP contribution is 2.35. The topological polar surface area (TPSA) is 29.9 Å². The Morgan fingerprint density at radius 1 is 1.44 bits per heavy atom. The summed E-state index contributed by atoms with van der Waals surface area (Å²) in [5, 5.41) is 4.22. The van der Waals surface area contributed by atoms with Crippen molar-refractivity contribution in [2.24, 2.45) is 0 Å². The van der Waals surface area contributed by atoms with Gasteiger partial charge in [-0.15, -0.1) is 0 Å². The van der Waals surface area contributed by atoms with Crippen molar-refractivity contribution in [2.75, 3.05) is 5.32 Å². The van der Waals surface area contributed by atoms with Crippen LogP contribution in [0.4, 0.5) is 5.69 Å². The number of aryl methyl sites for hydroxylation is 1. The summed E-state index contributed by atoms with van der Waals surface area (Å²) in [6, 6.07) is 6.59. The van der Waals surface area contributed by atoms with Crippen molar-refractivity contribution in [3.8, 4) is 0 Å². The molecular formula is C14H16ClN3. The van der Waals surface area contributed by atoms with E-state index in [1.54, 1.807) is 0 Å². The molecule has 4 heteroatoms. The van der Waals surface area contributed by atoms with Gasteiger partial charge >= 0.3 is 0 Å². The van der Waals surface area contributed by atoms with Crippen molar-refractivity contribution in [1.29, 1.82) is 0 Å². The molecule has 0 atom stereocenters. The Morgan fingerprint density at radius 3 is 3.00 bits per heavy atom. The number of aromatic nitrogens is 2. The molecule has 0 spiro atoms. The maximum atomic E-state index is 5.95. The van der Waals surface area contributed by atoms with Gasteiger partial charge in [0.25, 0.3) is 0 Å². The Hall–Kier alpha value is -1.48. The summed E-state index contributed by atoms with van der Waals surface area (Å²) in [5.74, 6) is 0. The lowest BCUT2D eigenvalue weighted by molar-refractivity contribution is 0.701. The zero-order valence-corrected chi connectivity index (χ0v) is 11.1. The number of hydrogen-bond donors (Lipinski definition) is 1. The van der Waals surface area contributed by atoms with Crippen LogP contribution in [0.25, 0.3) is 0 Å². The van der Waals surface area contributed by atoms with Crippen LogP contribution in [0.1, 0.15) is 30.1 Å². The van der Waals surface area contributed by atoms with Gasteiger partial charge in [-0.3, -0.25) is 0 Å². The number of nitrogens with one attached hydrogen (secondary N) is 1. The standard InChI is InChI=1S/C14H16ClN3/c1-10-6-11(15)2-5-14(10)17-8-13-7-16-9-18(13)12-3-4-12/h2,5-7,9,12,17H,3-4,8H2,1H3. The van der Waals surface area contributed by atoms with Crippen LogP contribution in [0.2, 0.25) is 5.02 Å². The number of anilines is 1. The number of benzene rings is 1. The molecule has 1 aliphatic rings. The van der Waals surface area contributed by atoms with Gasteiger partial charge in [0.1, 0.15) is 0 Å². The van der Waals surface area contributed by atoms with Crippen LogP contribution in [0, 0.1) is 6.92 Å². The van der Waals surface area contributed by atoms with Crippen molar-refractivity contribution in [2.45, 2.75) is 32.4 Å². The van der Waals surface area contributed by atoms with E-state index < -0.39 is 0 Å². The average molecular weight is 262 g/mol. The zero-order chi connectivity index (χ0) is 12.5. The lowest BCUT2D eigenvalue weighted by atomic mass is 10.2. The van der Waals surface area contributed by atoms with Gasteiger partial charge in [-0.05, 0) is 43.5 Å². The molecule has 1 aliphatic carbocycles. The van der Waals surface area contributed by atoms with Crippen LogP contribution in [0.15, 0.2) is 30.7 Å². The van der Waals surface area contributed by atoms with E-state index in [-0.39, 0.29) is 0 Å². The van der Waals surface area contributed by atoms with Crippen LogP contribution >= 0.6 is 11.6 Å². The molecule has 0 radical (unpaired) electrons. The molecule has 94 valence electrons. The number of halogens is 1. The third kappa shape index (κ3) is 2.36. The van der Waals surface area contributed by atoms with Crippen molar-refractivity contribution < 1.29 is 0 Å². The van der Waals surface area contributed by atoms with E-state index in [0.29, 0.717) is 6.04 Å². The molecule has 2 aromatic rings. The molecule has 1 heterocycles. The monoisotopic (exact) mass is 261 g/mol. The summed E-state index contributed by atoms with van der Waals surface area (Å²) in [5.41, 5.74) is 3.54. The minimum absolute atomic E-state index is 0.676. The van der Waals surface area contributed by atoms with Crippen LogP contribution in [0.5, 0.6) is 0 Å². The Bertz CT molecular complexity index is 558. The Labute approximate surface area is 112 Å². The second kappa shape index (κ2) is 4.65. The highest BCUT2D eigenvalue weighted by molar-refractivity contribution is 6.30. The smallest absolute Gasteiger partial charge is 0.0951 e. The van der Waals surface area contributed by atoms with E-state index in [0.717, 1.165) is 17.3 Å².